The van der Waals surface area contributed by atoms with E-state index in [9.17, 15) is 15.2 Å². The summed E-state index contributed by atoms with van der Waals surface area (Å²) in [7, 11) is 0. The highest BCUT2D eigenvalue weighted by Gasteiger charge is 2.33. The predicted molar refractivity (Wildman–Crippen MR) is 76.9 cm³/mol. The van der Waals surface area contributed by atoms with Gasteiger partial charge in [0, 0.05) is 12.1 Å². The summed E-state index contributed by atoms with van der Waals surface area (Å²) < 4.78 is 10.8. The van der Waals surface area contributed by atoms with Crippen LogP contribution in [0.25, 0.3) is 0 Å². The highest BCUT2D eigenvalue weighted by atomic mass is 16.6. The maximum absolute atomic E-state index is 10.7. The van der Waals surface area contributed by atoms with E-state index in [1.165, 1.54) is 12.1 Å². The Labute approximate surface area is 126 Å². The van der Waals surface area contributed by atoms with Crippen molar-refractivity contribution in [3.05, 3.63) is 64.1 Å². The van der Waals surface area contributed by atoms with E-state index in [1.54, 1.807) is 18.4 Å². The summed E-state index contributed by atoms with van der Waals surface area (Å²) in [6.45, 7) is 1.36. The Bertz CT molecular complexity index is 626. The first-order chi connectivity index (χ1) is 10.6. The number of nitro groups is 1. The second kappa shape index (κ2) is 6.27. The summed E-state index contributed by atoms with van der Waals surface area (Å²) in [6, 6.07) is 9.41. The molecule has 2 atom stereocenters. The predicted octanol–water partition coefficient (Wildman–Crippen LogP) is 2.08. The number of nitrogens with zero attached hydrogens (tertiary/aromatic N) is 2. The monoisotopic (exact) mass is 304 g/mol. The van der Waals surface area contributed by atoms with Gasteiger partial charge in [-0.3, -0.25) is 15.0 Å². The molecule has 2 unspecified atom stereocenters. The number of furan rings is 1. The van der Waals surface area contributed by atoms with Crippen LogP contribution in [-0.2, 0) is 11.3 Å². The third kappa shape index (κ3) is 3.01. The average molecular weight is 304 g/mol. The number of aliphatic hydroxyl groups excluding tert-OH is 1. The zero-order chi connectivity index (χ0) is 15.5. The Morgan fingerprint density at radius 3 is 2.77 bits per heavy atom. The summed E-state index contributed by atoms with van der Waals surface area (Å²) in [5.41, 5.74) is 0.636. The van der Waals surface area contributed by atoms with Crippen LogP contribution in [0.2, 0.25) is 0 Å². The van der Waals surface area contributed by atoms with Gasteiger partial charge in [-0.2, -0.15) is 0 Å². The zero-order valence-electron chi connectivity index (χ0n) is 11.8. The number of aliphatic hydroxyl groups is 1. The van der Waals surface area contributed by atoms with Crippen molar-refractivity contribution in [2.24, 2.45) is 0 Å². The minimum Gasteiger partial charge on any atom is -0.468 e. The minimum absolute atomic E-state index is 0.00561. The average Bonchev–Trinajstić information content (AvgIpc) is 3.19. The van der Waals surface area contributed by atoms with Crippen LogP contribution in [0.1, 0.15) is 17.4 Å². The van der Waals surface area contributed by atoms with Gasteiger partial charge in [-0.05, 0) is 29.8 Å². The standard InChI is InChI=1S/C15H16N2O5/c18-15(11-3-5-12(6-4-11)17(19)20)14-9-21-10-16(14)8-13-2-1-7-22-13/h1-7,14-15,18H,8-10H2. The summed E-state index contributed by atoms with van der Waals surface area (Å²) in [5.74, 6) is 0.798. The van der Waals surface area contributed by atoms with E-state index in [0.29, 0.717) is 25.4 Å². The lowest BCUT2D eigenvalue weighted by Gasteiger charge is -2.26. The minimum atomic E-state index is -0.779. The molecule has 0 saturated carbocycles. The third-order valence-electron chi connectivity index (χ3n) is 3.76. The fraction of sp³-hybridized carbons (Fsp3) is 0.333. The summed E-state index contributed by atoms with van der Waals surface area (Å²) in [5, 5.41) is 21.2. The molecule has 0 amide bonds. The maximum atomic E-state index is 10.7. The Morgan fingerprint density at radius 1 is 1.36 bits per heavy atom. The normalized spacial score (nSPS) is 20.1. The number of non-ortho nitro benzene ring substituents is 1. The fourth-order valence-corrected chi connectivity index (χ4v) is 2.56. The van der Waals surface area contributed by atoms with Gasteiger partial charge in [0.05, 0.1) is 43.2 Å². The largest absolute Gasteiger partial charge is 0.468 e. The van der Waals surface area contributed by atoms with Crippen molar-refractivity contribution in [2.75, 3.05) is 13.3 Å². The smallest absolute Gasteiger partial charge is 0.269 e. The van der Waals surface area contributed by atoms with Crippen LogP contribution in [0.4, 0.5) is 5.69 Å². The van der Waals surface area contributed by atoms with Gasteiger partial charge in [0.25, 0.3) is 5.69 Å². The second-order valence-electron chi connectivity index (χ2n) is 5.19. The van der Waals surface area contributed by atoms with Gasteiger partial charge in [0.2, 0.25) is 0 Å². The lowest BCUT2D eigenvalue weighted by atomic mass is 10.0. The van der Waals surface area contributed by atoms with Crippen LogP contribution in [0.15, 0.2) is 47.1 Å². The van der Waals surface area contributed by atoms with E-state index in [2.05, 4.69) is 0 Å². The molecule has 1 fully saturated rings. The van der Waals surface area contributed by atoms with Gasteiger partial charge in [0.1, 0.15) is 5.76 Å². The van der Waals surface area contributed by atoms with Crippen molar-refractivity contribution < 1.29 is 19.2 Å². The lowest BCUT2D eigenvalue weighted by molar-refractivity contribution is -0.384. The quantitative estimate of drug-likeness (QED) is 0.672. The number of hydrogen-bond acceptors (Lipinski definition) is 6. The Kier molecular flexibility index (Phi) is 4.19. The molecule has 0 radical (unpaired) electrons. The summed E-state index contributed by atoms with van der Waals surface area (Å²) in [6.07, 6.45) is 0.826. The first-order valence-electron chi connectivity index (χ1n) is 6.92. The lowest BCUT2D eigenvalue weighted by Crippen LogP contribution is -2.35. The molecule has 0 spiro atoms. The highest BCUT2D eigenvalue weighted by Crippen LogP contribution is 2.27. The molecule has 116 valence electrons. The number of hydrogen-bond donors (Lipinski definition) is 1. The molecule has 1 aromatic carbocycles. The molecule has 2 heterocycles. The molecule has 1 N–H and O–H groups in total. The van der Waals surface area contributed by atoms with Crippen LogP contribution in [0.3, 0.4) is 0 Å². The van der Waals surface area contributed by atoms with Crippen molar-refractivity contribution in [3.8, 4) is 0 Å². The molecule has 1 saturated heterocycles. The maximum Gasteiger partial charge on any atom is 0.269 e. The van der Waals surface area contributed by atoms with Gasteiger partial charge in [-0.1, -0.05) is 0 Å². The summed E-state index contributed by atoms with van der Waals surface area (Å²) >= 11 is 0. The molecule has 7 nitrogen and oxygen atoms in total. The van der Waals surface area contributed by atoms with Crippen LogP contribution in [0.5, 0.6) is 0 Å². The van der Waals surface area contributed by atoms with E-state index in [0.717, 1.165) is 5.76 Å². The first-order valence-corrected chi connectivity index (χ1v) is 6.92. The molecule has 3 rings (SSSR count). The molecule has 1 aromatic heterocycles. The van der Waals surface area contributed by atoms with E-state index in [4.69, 9.17) is 9.15 Å². The molecule has 0 aliphatic carbocycles. The summed E-state index contributed by atoms with van der Waals surface area (Å²) in [4.78, 5) is 12.2. The molecule has 2 aromatic rings. The SMILES string of the molecule is O=[N+]([O-])c1ccc(C(O)C2COCN2Cc2ccco2)cc1. The van der Waals surface area contributed by atoms with E-state index in [1.807, 2.05) is 17.0 Å². The number of nitro benzene ring substituents is 1. The van der Waals surface area contributed by atoms with Crippen molar-refractivity contribution in [2.45, 2.75) is 18.7 Å². The fourth-order valence-electron chi connectivity index (χ4n) is 2.56. The van der Waals surface area contributed by atoms with Gasteiger partial charge >= 0.3 is 0 Å². The second-order valence-corrected chi connectivity index (χ2v) is 5.19. The Hall–Kier alpha value is -2.22. The molecule has 22 heavy (non-hydrogen) atoms. The van der Waals surface area contributed by atoms with Crippen molar-refractivity contribution in [3.63, 3.8) is 0 Å². The van der Waals surface area contributed by atoms with Crippen molar-refractivity contribution >= 4 is 5.69 Å². The van der Waals surface area contributed by atoms with Gasteiger partial charge in [-0.15, -0.1) is 0 Å². The van der Waals surface area contributed by atoms with Gasteiger partial charge < -0.3 is 14.3 Å². The van der Waals surface area contributed by atoms with Crippen LogP contribution in [0, 0.1) is 10.1 Å². The third-order valence-corrected chi connectivity index (χ3v) is 3.76. The molecular weight excluding hydrogens is 288 g/mol. The topological polar surface area (TPSA) is 89.0 Å². The van der Waals surface area contributed by atoms with Crippen molar-refractivity contribution in [1.82, 2.24) is 4.90 Å². The van der Waals surface area contributed by atoms with Crippen LogP contribution < -0.4 is 0 Å². The van der Waals surface area contributed by atoms with Crippen molar-refractivity contribution in [1.29, 1.82) is 0 Å². The Morgan fingerprint density at radius 2 is 2.14 bits per heavy atom. The van der Waals surface area contributed by atoms with Gasteiger partial charge in [0.15, 0.2) is 0 Å². The first kappa shape index (κ1) is 14.7. The molecule has 1 aliphatic rings. The van der Waals surface area contributed by atoms with Crippen LogP contribution >= 0.6 is 0 Å². The number of ether oxygens (including phenoxy) is 1. The number of benzene rings is 1. The number of rotatable bonds is 5. The Balaban J connectivity index is 1.72. The van der Waals surface area contributed by atoms with E-state index >= 15 is 0 Å². The molecule has 1 aliphatic heterocycles. The molecule has 7 heteroatoms. The van der Waals surface area contributed by atoms with Gasteiger partial charge in [-0.25, -0.2) is 0 Å². The zero-order valence-corrected chi connectivity index (χ0v) is 11.8. The molecule has 0 bridgehead atoms. The van der Waals surface area contributed by atoms with E-state index < -0.39 is 11.0 Å². The van der Waals surface area contributed by atoms with Crippen LogP contribution in [-0.4, -0.2) is 34.3 Å². The van der Waals surface area contributed by atoms with E-state index in [-0.39, 0.29) is 11.7 Å². The highest BCUT2D eigenvalue weighted by molar-refractivity contribution is 5.34. The molecular formula is C15H16N2O5.